The number of aliphatic imine (C=N–C) groups is 2. The number of allylic oxidation sites excluding steroid dienone is 3. The Kier molecular flexibility index (Phi) is 7.58. The highest BCUT2D eigenvalue weighted by atomic mass is 16.6. The first kappa shape index (κ1) is 29.5. The molecule has 0 aliphatic carbocycles. The Morgan fingerprint density at radius 3 is 2.16 bits per heavy atom. The molecule has 1 atom stereocenters. The first-order valence-corrected chi connectivity index (χ1v) is 13.9. The van der Waals surface area contributed by atoms with Gasteiger partial charge in [-0.05, 0) is 86.6 Å². The van der Waals surface area contributed by atoms with Gasteiger partial charge in [-0.25, -0.2) is 9.98 Å². The minimum absolute atomic E-state index is 0.0612. The fourth-order valence-corrected chi connectivity index (χ4v) is 5.71. The predicted molar refractivity (Wildman–Crippen MR) is 165 cm³/mol. The topological polar surface area (TPSA) is 160 Å². The van der Waals surface area contributed by atoms with E-state index in [-0.39, 0.29) is 31.6 Å². The molecule has 10 heteroatoms. The maximum absolute atomic E-state index is 11.7. The van der Waals surface area contributed by atoms with Crippen molar-refractivity contribution >= 4 is 41.8 Å². The van der Waals surface area contributed by atoms with E-state index in [9.17, 15) is 24.9 Å². The first-order chi connectivity index (χ1) is 20.4. The Balaban J connectivity index is 1.86. The zero-order valence-corrected chi connectivity index (χ0v) is 24.6. The van der Waals surface area contributed by atoms with Gasteiger partial charge >= 0.3 is 17.8 Å². The molecule has 0 fully saturated rings. The van der Waals surface area contributed by atoms with Crippen LogP contribution < -0.4 is 10.7 Å². The number of hydrogen-bond acceptors (Lipinski definition) is 6. The summed E-state index contributed by atoms with van der Waals surface area (Å²) in [6, 6.07) is 0. The Labute approximate surface area is 248 Å². The number of carboxylic acid groups (broad SMARTS) is 2. The number of hydrogen-bond donors (Lipinski definition) is 5. The molecule has 3 aliphatic rings. The molecule has 43 heavy (non-hydrogen) atoms. The van der Waals surface area contributed by atoms with E-state index in [1.807, 2.05) is 32.9 Å². The number of rotatable bonds is 8. The van der Waals surface area contributed by atoms with Crippen LogP contribution in [0.3, 0.4) is 0 Å². The second-order valence-electron chi connectivity index (χ2n) is 10.8. The van der Waals surface area contributed by atoms with Crippen LogP contribution in [0.2, 0.25) is 0 Å². The van der Waals surface area contributed by atoms with Crippen molar-refractivity contribution in [3.63, 3.8) is 0 Å². The molecule has 5 rings (SSSR count). The predicted octanol–water partition coefficient (Wildman–Crippen LogP) is 3.49. The van der Waals surface area contributed by atoms with Crippen molar-refractivity contribution in [2.45, 2.75) is 59.3 Å². The highest BCUT2D eigenvalue weighted by Crippen LogP contribution is 2.37. The van der Waals surface area contributed by atoms with Gasteiger partial charge in [0.15, 0.2) is 0 Å². The second-order valence-corrected chi connectivity index (χ2v) is 10.8. The second kappa shape index (κ2) is 11.0. The molecule has 2 aromatic rings. The van der Waals surface area contributed by atoms with Crippen molar-refractivity contribution in [2.75, 3.05) is 0 Å². The number of nitrogens with zero attached hydrogens (tertiary/aromatic N) is 2. The van der Waals surface area contributed by atoms with Crippen LogP contribution >= 0.6 is 0 Å². The van der Waals surface area contributed by atoms with Gasteiger partial charge in [0.2, 0.25) is 5.90 Å². The van der Waals surface area contributed by atoms with Gasteiger partial charge < -0.3 is 30.0 Å². The standard InChI is InChI=1S/C33H34N4O6/c1-7-20-16(3)26-13-24-17(4)22(9-11-30(38)39)27(34-24)15-28-23(10-12-31(40)41)18(5)25(35-28)14-29-21(8-2)19(6)33(42,37-29)43-32(20)36-26/h7-8,13-15,34-35,42H,1-2,9-12H2,3-6H3,(H,38,39)(H,40,41)/t33-/m0/s1. The zero-order chi connectivity index (χ0) is 31.2. The quantitative estimate of drug-likeness (QED) is 0.320. The highest BCUT2D eigenvalue weighted by molar-refractivity contribution is 6.24. The summed E-state index contributed by atoms with van der Waals surface area (Å²) in [6.07, 6.45) is 9.17. The number of aliphatic carboxylic acids is 2. The summed E-state index contributed by atoms with van der Waals surface area (Å²) < 4.78 is 6.12. The SMILES string of the molecule is C=CC1=C(C)C2=Cc3[nH]c(c(CCC(=O)O)c3C)C=c3[nH]c(c(C)c3CCC(=O)O)=CC3=N[C@@](O)(OC1=N2)C(C)=C3C=C. The Morgan fingerprint density at radius 2 is 1.53 bits per heavy atom. The molecule has 0 saturated heterocycles. The van der Waals surface area contributed by atoms with Gasteiger partial charge in [0, 0.05) is 51.6 Å². The molecule has 3 aliphatic heterocycles. The summed E-state index contributed by atoms with van der Waals surface area (Å²) in [5.74, 6) is -3.71. The smallest absolute Gasteiger partial charge is 0.336 e. The van der Waals surface area contributed by atoms with Gasteiger partial charge in [-0.1, -0.05) is 25.3 Å². The average Bonchev–Trinajstić information content (AvgIpc) is 3.57. The lowest BCUT2D eigenvalue weighted by Crippen LogP contribution is -2.33. The Morgan fingerprint density at radius 1 is 0.884 bits per heavy atom. The summed E-state index contributed by atoms with van der Waals surface area (Å²) in [5, 5.41) is 31.9. The molecule has 10 nitrogen and oxygen atoms in total. The third-order valence-corrected chi connectivity index (χ3v) is 8.26. The van der Waals surface area contributed by atoms with E-state index >= 15 is 0 Å². The highest BCUT2D eigenvalue weighted by Gasteiger charge is 2.41. The molecule has 5 N–H and O–H groups in total. The van der Waals surface area contributed by atoms with Gasteiger partial charge in [-0.3, -0.25) is 9.59 Å². The van der Waals surface area contributed by atoms with Crippen LogP contribution in [-0.2, 0) is 27.2 Å². The first-order valence-electron chi connectivity index (χ1n) is 13.9. The molecule has 0 spiro atoms. The number of H-pyrrole nitrogens is 2. The van der Waals surface area contributed by atoms with Crippen LogP contribution in [0, 0.1) is 13.8 Å². The lowest BCUT2D eigenvalue weighted by atomic mass is 10.0. The Hall–Kier alpha value is -4.96. The van der Waals surface area contributed by atoms with Gasteiger partial charge in [0.25, 0.3) is 0 Å². The molecule has 2 aromatic heterocycles. The largest absolute Gasteiger partial charge is 0.481 e. The molecule has 8 bridgehead atoms. The number of carbonyl (C=O) groups is 2. The van der Waals surface area contributed by atoms with Crippen LogP contribution in [0.4, 0.5) is 0 Å². The number of fused-ring (bicyclic) bond motifs is 6. The van der Waals surface area contributed by atoms with Crippen LogP contribution in [0.1, 0.15) is 60.3 Å². The number of carboxylic acids is 2. The average molecular weight is 583 g/mol. The molecule has 222 valence electrons. The van der Waals surface area contributed by atoms with Crippen LogP contribution in [-0.4, -0.2) is 54.7 Å². The molecule has 0 aromatic carbocycles. The third kappa shape index (κ3) is 5.25. The maximum atomic E-state index is 11.7. The number of nitrogens with one attached hydrogen (secondary N) is 2. The number of aromatic nitrogens is 2. The summed E-state index contributed by atoms with van der Waals surface area (Å²) >= 11 is 0. The van der Waals surface area contributed by atoms with Crippen molar-refractivity contribution in [3.05, 3.63) is 97.6 Å². The minimum Gasteiger partial charge on any atom is -0.481 e. The minimum atomic E-state index is -2.05. The van der Waals surface area contributed by atoms with Gasteiger partial charge in [0.1, 0.15) is 0 Å². The van der Waals surface area contributed by atoms with Crippen LogP contribution in [0.25, 0.3) is 18.2 Å². The van der Waals surface area contributed by atoms with Gasteiger partial charge in [-0.15, -0.1) is 0 Å². The molecule has 5 heterocycles. The van der Waals surface area contributed by atoms with Gasteiger partial charge in [0.05, 0.1) is 11.4 Å². The van der Waals surface area contributed by atoms with E-state index < -0.39 is 17.8 Å². The van der Waals surface area contributed by atoms with Crippen molar-refractivity contribution in [1.29, 1.82) is 0 Å². The summed E-state index contributed by atoms with van der Waals surface area (Å²) in [5.41, 5.74) is 8.20. The molecule has 0 unspecified atom stereocenters. The lowest BCUT2D eigenvalue weighted by molar-refractivity contribution is -0.138. The summed E-state index contributed by atoms with van der Waals surface area (Å²) in [4.78, 5) is 39.2. The lowest BCUT2D eigenvalue weighted by Gasteiger charge is -2.23. The molecule has 0 saturated carbocycles. The van der Waals surface area contributed by atoms with E-state index in [0.717, 1.165) is 33.5 Å². The number of aromatic amines is 2. The maximum Gasteiger partial charge on any atom is 0.336 e. The normalized spacial score (nSPS) is 19.2. The number of aliphatic hydroxyl groups is 1. The number of ether oxygens (including phenoxy) is 1. The van der Waals surface area contributed by atoms with E-state index in [2.05, 4.69) is 28.1 Å². The fraction of sp³-hybridized carbons (Fsp3) is 0.273. The third-order valence-electron chi connectivity index (χ3n) is 8.26. The Bertz CT molecular complexity index is 1890. The monoisotopic (exact) mass is 582 g/mol. The van der Waals surface area contributed by atoms with Crippen molar-refractivity contribution in [3.8, 4) is 0 Å². The summed E-state index contributed by atoms with van der Waals surface area (Å²) in [7, 11) is 0. The van der Waals surface area contributed by atoms with Crippen molar-refractivity contribution in [2.24, 2.45) is 9.98 Å². The molecular formula is C33H34N4O6. The molecule has 0 amide bonds. The van der Waals surface area contributed by atoms with E-state index in [1.54, 1.807) is 25.2 Å². The van der Waals surface area contributed by atoms with Crippen LogP contribution in [0.5, 0.6) is 0 Å². The molecular weight excluding hydrogens is 548 g/mol. The zero-order valence-electron chi connectivity index (χ0n) is 24.6. The fourth-order valence-electron chi connectivity index (χ4n) is 5.71. The van der Waals surface area contributed by atoms with Crippen LogP contribution in [0.15, 0.2) is 63.3 Å². The van der Waals surface area contributed by atoms with Crippen molar-refractivity contribution in [1.82, 2.24) is 9.97 Å². The van der Waals surface area contributed by atoms with E-state index in [0.29, 0.717) is 44.5 Å². The van der Waals surface area contributed by atoms with E-state index in [4.69, 9.17) is 9.73 Å². The van der Waals surface area contributed by atoms with E-state index in [1.165, 1.54) is 0 Å². The van der Waals surface area contributed by atoms with Gasteiger partial charge in [-0.2, -0.15) is 0 Å². The molecule has 0 radical (unpaired) electrons. The van der Waals surface area contributed by atoms with Crippen molar-refractivity contribution < 1.29 is 29.6 Å². The summed E-state index contributed by atoms with van der Waals surface area (Å²) in [6.45, 7) is 15.2.